The van der Waals surface area contributed by atoms with Crippen LogP contribution in [-0.2, 0) is 20.9 Å². The van der Waals surface area contributed by atoms with Crippen LogP contribution in [0, 0.1) is 0 Å². The average molecular weight is 262 g/mol. The van der Waals surface area contributed by atoms with Crippen molar-refractivity contribution in [2.45, 2.75) is 13.0 Å². The molecule has 1 fully saturated rings. The van der Waals surface area contributed by atoms with Gasteiger partial charge in [-0.25, -0.2) is 0 Å². The molecule has 19 heavy (non-hydrogen) atoms. The van der Waals surface area contributed by atoms with E-state index >= 15 is 0 Å². The minimum absolute atomic E-state index is 0.0436. The Bertz CT molecular complexity index is 434. The molecule has 5 heteroatoms. The highest BCUT2D eigenvalue weighted by atomic mass is 16.5. The first-order chi connectivity index (χ1) is 9.25. The molecule has 1 saturated heterocycles. The fourth-order valence-electron chi connectivity index (χ4n) is 1.92. The summed E-state index contributed by atoms with van der Waals surface area (Å²) in [5.41, 5.74) is 0.967. The number of hydrogen-bond donors (Lipinski definition) is 1. The summed E-state index contributed by atoms with van der Waals surface area (Å²) in [6.45, 7) is 2.53. The fourth-order valence-corrected chi connectivity index (χ4v) is 1.92. The number of nitrogens with zero attached hydrogens (tertiary/aromatic N) is 1. The van der Waals surface area contributed by atoms with Crippen molar-refractivity contribution in [2.75, 3.05) is 26.2 Å². The second kappa shape index (κ2) is 6.89. The van der Waals surface area contributed by atoms with E-state index in [1.807, 2.05) is 30.3 Å². The van der Waals surface area contributed by atoms with Gasteiger partial charge in [-0.05, 0) is 5.56 Å². The third-order valence-electron chi connectivity index (χ3n) is 3.02. The van der Waals surface area contributed by atoms with Crippen molar-refractivity contribution in [3.63, 3.8) is 0 Å². The number of carbonyl (C=O) groups is 2. The van der Waals surface area contributed by atoms with Crippen LogP contribution in [0.25, 0.3) is 0 Å². The van der Waals surface area contributed by atoms with Gasteiger partial charge in [0.15, 0.2) is 0 Å². The Morgan fingerprint density at radius 3 is 2.84 bits per heavy atom. The van der Waals surface area contributed by atoms with Crippen molar-refractivity contribution in [1.29, 1.82) is 0 Å². The van der Waals surface area contributed by atoms with Crippen molar-refractivity contribution in [3.8, 4) is 0 Å². The maximum absolute atomic E-state index is 11.6. The number of ether oxygens (including phenoxy) is 1. The Balaban J connectivity index is 1.68. The Labute approximate surface area is 112 Å². The van der Waals surface area contributed by atoms with Crippen LogP contribution in [-0.4, -0.2) is 43.0 Å². The van der Waals surface area contributed by atoms with E-state index in [0.29, 0.717) is 19.6 Å². The van der Waals surface area contributed by atoms with E-state index in [1.165, 1.54) is 0 Å². The Hall–Kier alpha value is -1.88. The molecule has 5 nitrogen and oxygen atoms in total. The summed E-state index contributed by atoms with van der Waals surface area (Å²) < 4.78 is 5.16. The molecule has 1 aromatic rings. The van der Waals surface area contributed by atoms with Gasteiger partial charge < -0.3 is 15.0 Å². The van der Waals surface area contributed by atoms with E-state index in [-0.39, 0.29) is 24.9 Å². The normalized spacial score (nSPS) is 15.4. The van der Waals surface area contributed by atoms with Crippen molar-refractivity contribution in [2.24, 2.45) is 0 Å². The van der Waals surface area contributed by atoms with Crippen LogP contribution in [0.2, 0.25) is 0 Å². The zero-order chi connectivity index (χ0) is 13.5. The predicted octanol–water partition coefficient (Wildman–Crippen LogP) is 0.552. The van der Waals surface area contributed by atoms with Crippen molar-refractivity contribution in [1.82, 2.24) is 10.2 Å². The molecule has 1 aromatic carbocycles. The third-order valence-corrected chi connectivity index (χ3v) is 3.02. The lowest BCUT2D eigenvalue weighted by Crippen LogP contribution is -2.48. The molecule has 0 bridgehead atoms. The molecule has 0 aromatic heterocycles. The van der Waals surface area contributed by atoms with Crippen LogP contribution in [0.3, 0.4) is 0 Å². The predicted molar refractivity (Wildman–Crippen MR) is 70.3 cm³/mol. The van der Waals surface area contributed by atoms with Gasteiger partial charge in [-0.2, -0.15) is 0 Å². The smallest absolute Gasteiger partial charge is 0.307 e. The summed E-state index contributed by atoms with van der Waals surface area (Å²) in [6, 6.07) is 9.55. The van der Waals surface area contributed by atoms with Gasteiger partial charge in [0.25, 0.3) is 0 Å². The minimum Gasteiger partial charge on any atom is -0.461 e. The highest BCUT2D eigenvalue weighted by molar-refractivity contribution is 5.79. The van der Waals surface area contributed by atoms with Gasteiger partial charge in [-0.3, -0.25) is 9.59 Å². The van der Waals surface area contributed by atoms with E-state index in [9.17, 15) is 9.59 Å². The lowest BCUT2D eigenvalue weighted by atomic mass is 10.2. The van der Waals surface area contributed by atoms with Crippen LogP contribution in [0.5, 0.6) is 0 Å². The number of benzene rings is 1. The SMILES string of the molecule is O=C(CCN1CCNCC1=O)OCc1ccccc1. The molecular weight excluding hydrogens is 244 g/mol. The zero-order valence-corrected chi connectivity index (χ0v) is 10.8. The van der Waals surface area contributed by atoms with Crippen molar-refractivity contribution < 1.29 is 14.3 Å². The highest BCUT2D eigenvalue weighted by Gasteiger charge is 2.18. The Kier molecular flexibility index (Phi) is 4.92. The second-order valence-electron chi connectivity index (χ2n) is 4.45. The number of piperazine rings is 1. The number of carbonyl (C=O) groups excluding carboxylic acids is 2. The summed E-state index contributed by atoms with van der Waals surface area (Å²) >= 11 is 0. The van der Waals surface area contributed by atoms with E-state index in [2.05, 4.69) is 5.32 Å². The molecule has 1 amide bonds. The summed E-state index contributed by atoms with van der Waals surface area (Å²) in [7, 11) is 0. The first-order valence-electron chi connectivity index (χ1n) is 6.44. The number of amides is 1. The highest BCUT2D eigenvalue weighted by Crippen LogP contribution is 2.03. The number of hydrogen-bond acceptors (Lipinski definition) is 4. The molecule has 0 unspecified atom stereocenters. The number of rotatable bonds is 5. The molecule has 0 saturated carbocycles. The van der Waals surface area contributed by atoms with Gasteiger partial charge in [-0.15, -0.1) is 0 Å². The van der Waals surface area contributed by atoms with Crippen LogP contribution in [0.4, 0.5) is 0 Å². The molecule has 1 heterocycles. The molecule has 2 rings (SSSR count). The summed E-state index contributed by atoms with van der Waals surface area (Å²) in [5, 5.41) is 2.99. The largest absolute Gasteiger partial charge is 0.461 e. The van der Waals surface area contributed by atoms with Crippen LogP contribution >= 0.6 is 0 Å². The van der Waals surface area contributed by atoms with Gasteiger partial charge >= 0.3 is 5.97 Å². The second-order valence-corrected chi connectivity index (χ2v) is 4.45. The van der Waals surface area contributed by atoms with Gasteiger partial charge in [0.05, 0.1) is 13.0 Å². The first-order valence-corrected chi connectivity index (χ1v) is 6.44. The zero-order valence-electron chi connectivity index (χ0n) is 10.8. The summed E-state index contributed by atoms with van der Waals surface area (Å²) in [4.78, 5) is 24.8. The van der Waals surface area contributed by atoms with Crippen LogP contribution < -0.4 is 5.32 Å². The molecule has 1 N–H and O–H groups in total. The van der Waals surface area contributed by atoms with Crippen LogP contribution in [0.15, 0.2) is 30.3 Å². The topological polar surface area (TPSA) is 58.6 Å². The molecule has 0 atom stereocenters. The maximum Gasteiger partial charge on any atom is 0.307 e. The van der Waals surface area contributed by atoms with Crippen LogP contribution in [0.1, 0.15) is 12.0 Å². The first kappa shape index (κ1) is 13.5. The number of nitrogens with one attached hydrogen (secondary N) is 1. The van der Waals surface area contributed by atoms with E-state index < -0.39 is 0 Å². The molecule has 0 radical (unpaired) electrons. The lowest BCUT2D eigenvalue weighted by Gasteiger charge is -2.26. The maximum atomic E-state index is 11.6. The van der Waals surface area contributed by atoms with Gasteiger partial charge in [-0.1, -0.05) is 30.3 Å². The van der Waals surface area contributed by atoms with Gasteiger partial charge in [0, 0.05) is 19.6 Å². The molecular formula is C14H18N2O3. The molecule has 0 aliphatic carbocycles. The monoisotopic (exact) mass is 262 g/mol. The van der Waals surface area contributed by atoms with Gasteiger partial charge in [0.2, 0.25) is 5.91 Å². The summed E-state index contributed by atoms with van der Waals surface area (Å²) in [5.74, 6) is -0.225. The molecule has 1 aliphatic rings. The minimum atomic E-state index is -0.268. The van der Waals surface area contributed by atoms with Crippen molar-refractivity contribution in [3.05, 3.63) is 35.9 Å². The third kappa shape index (κ3) is 4.37. The quantitative estimate of drug-likeness (QED) is 0.787. The van der Waals surface area contributed by atoms with E-state index in [4.69, 9.17) is 4.74 Å². The number of esters is 1. The van der Waals surface area contributed by atoms with Crippen molar-refractivity contribution >= 4 is 11.9 Å². The fraction of sp³-hybridized carbons (Fsp3) is 0.429. The molecule has 102 valence electrons. The van der Waals surface area contributed by atoms with Gasteiger partial charge in [0.1, 0.15) is 6.61 Å². The molecule has 0 spiro atoms. The lowest BCUT2D eigenvalue weighted by molar-refractivity contribution is -0.146. The molecule has 1 aliphatic heterocycles. The standard InChI is InChI=1S/C14H18N2O3/c17-13-10-15-7-9-16(13)8-6-14(18)19-11-12-4-2-1-3-5-12/h1-5,15H,6-11H2. The Morgan fingerprint density at radius 2 is 2.11 bits per heavy atom. The average Bonchev–Trinajstić information content (AvgIpc) is 2.45. The Morgan fingerprint density at radius 1 is 1.32 bits per heavy atom. The van der Waals surface area contributed by atoms with E-state index in [1.54, 1.807) is 4.90 Å². The summed E-state index contributed by atoms with van der Waals surface area (Å²) in [6.07, 6.45) is 0.249. The van der Waals surface area contributed by atoms with E-state index in [0.717, 1.165) is 12.1 Å².